The summed E-state index contributed by atoms with van der Waals surface area (Å²) in [5, 5.41) is 18.4. The normalized spacial score (nSPS) is 29.3. The first-order valence-electron chi connectivity index (χ1n) is 19.5. The van der Waals surface area contributed by atoms with Crippen LogP contribution in [-0.2, 0) is 33.3 Å². The summed E-state index contributed by atoms with van der Waals surface area (Å²) in [6, 6.07) is 7.55. The van der Waals surface area contributed by atoms with E-state index in [0.717, 1.165) is 29.7 Å². The van der Waals surface area contributed by atoms with Crippen LogP contribution in [0.2, 0.25) is 0 Å². The zero-order valence-electron chi connectivity index (χ0n) is 33.0. The first kappa shape index (κ1) is 42.9. The van der Waals surface area contributed by atoms with Crippen molar-refractivity contribution in [3.05, 3.63) is 65.8 Å². The fraction of sp³-hybridized carbons (Fsp3) is 0.619. The van der Waals surface area contributed by atoms with Gasteiger partial charge < -0.3 is 34.1 Å². The quantitative estimate of drug-likeness (QED) is 0.0318. The largest absolute Gasteiger partial charge is 0.494 e. The number of nitrogens with zero attached hydrogens (tertiary/aromatic N) is 1. The van der Waals surface area contributed by atoms with Gasteiger partial charge in [0, 0.05) is 19.4 Å². The third-order valence-corrected chi connectivity index (χ3v) is 10.2. The van der Waals surface area contributed by atoms with Gasteiger partial charge in [-0.3, -0.25) is 14.4 Å². The fourth-order valence-corrected chi connectivity index (χ4v) is 6.86. The van der Waals surface area contributed by atoms with Crippen LogP contribution in [0, 0.1) is 5.92 Å². The zero-order valence-corrected chi connectivity index (χ0v) is 33.0. The van der Waals surface area contributed by atoms with E-state index >= 15 is 0 Å². The van der Waals surface area contributed by atoms with E-state index in [1.807, 2.05) is 57.2 Å². The van der Waals surface area contributed by atoms with Gasteiger partial charge in [-0.05, 0) is 88.8 Å². The highest BCUT2D eigenvalue weighted by atomic mass is 16.6. The third kappa shape index (κ3) is 13.5. The van der Waals surface area contributed by atoms with E-state index in [4.69, 9.17) is 23.7 Å². The number of unbranched alkanes of at least 4 members (excludes halogenated alkanes) is 3. The number of allylic oxidation sites excluding steroid dienone is 2. The Morgan fingerprint density at radius 1 is 1.07 bits per heavy atom. The molecule has 0 aliphatic carbocycles. The molecule has 2 amide bonds. The lowest BCUT2D eigenvalue weighted by molar-refractivity contribution is -0.145. The number of ether oxygens (including phenoxy) is 5. The van der Waals surface area contributed by atoms with Gasteiger partial charge in [0.25, 0.3) is 0 Å². The van der Waals surface area contributed by atoms with Crippen molar-refractivity contribution in [2.45, 2.75) is 148 Å². The van der Waals surface area contributed by atoms with Gasteiger partial charge in [-0.15, -0.1) is 0 Å². The molecule has 0 aromatic heterocycles. The van der Waals surface area contributed by atoms with Crippen molar-refractivity contribution in [3.8, 4) is 5.75 Å². The van der Waals surface area contributed by atoms with Crippen LogP contribution in [0.25, 0.3) is 0 Å². The summed E-state index contributed by atoms with van der Waals surface area (Å²) >= 11 is 0. The molecule has 298 valence electrons. The average molecular weight is 752 g/mol. The molecule has 1 aromatic carbocycles. The van der Waals surface area contributed by atoms with E-state index in [1.54, 1.807) is 13.0 Å². The molecule has 3 N–H and O–H groups in total. The van der Waals surface area contributed by atoms with Crippen LogP contribution in [0.4, 0.5) is 0 Å². The van der Waals surface area contributed by atoms with Crippen LogP contribution in [-0.4, -0.2) is 90.1 Å². The summed E-state index contributed by atoms with van der Waals surface area (Å²) in [7, 11) is 0. The molecule has 12 heteroatoms. The first-order chi connectivity index (χ1) is 25.8. The van der Waals surface area contributed by atoms with Crippen LogP contribution < -0.4 is 15.5 Å². The third-order valence-electron chi connectivity index (χ3n) is 10.2. The molecule has 0 unspecified atom stereocenters. The minimum Gasteiger partial charge on any atom is -0.494 e. The lowest BCUT2D eigenvalue weighted by atomic mass is 9.87. The van der Waals surface area contributed by atoms with Crippen LogP contribution in [0.1, 0.15) is 105 Å². The number of amides is 2. The minimum atomic E-state index is -0.848. The number of carbonyl (C=O) groups excluding carboxylic acids is 3. The Morgan fingerprint density at radius 3 is 2.50 bits per heavy atom. The van der Waals surface area contributed by atoms with Crippen LogP contribution in [0.15, 0.2) is 65.3 Å². The molecule has 1 aromatic rings. The van der Waals surface area contributed by atoms with Crippen molar-refractivity contribution < 1.29 is 43.2 Å². The summed E-state index contributed by atoms with van der Waals surface area (Å²) in [6.07, 6.45) is 12.7. The molecule has 54 heavy (non-hydrogen) atoms. The first-order valence-corrected chi connectivity index (χ1v) is 19.5. The molecule has 3 aliphatic rings. The van der Waals surface area contributed by atoms with Gasteiger partial charge in [0.15, 0.2) is 0 Å². The van der Waals surface area contributed by atoms with E-state index < -0.39 is 36.0 Å². The van der Waals surface area contributed by atoms with E-state index in [9.17, 15) is 19.5 Å². The fourth-order valence-electron chi connectivity index (χ4n) is 6.86. The lowest BCUT2D eigenvalue weighted by Gasteiger charge is -2.39. The van der Waals surface area contributed by atoms with E-state index in [0.29, 0.717) is 31.8 Å². The zero-order chi connectivity index (χ0) is 39.3. The Labute approximate surface area is 320 Å². The second kappa shape index (κ2) is 20.7. The highest BCUT2D eigenvalue weighted by molar-refractivity contribution is 5.99. The molecule has 0 bridgehead atoms. The average Bonchev–Trinajstić information content (AvgIpc) is 3.91. The van der Waals surface area contributed by atoms with Crippen LogP contribution in [0.5, 0.6) is 5.75 Å². The van der Waals surface area contributed by atoms with Crippen molar-refractivity contribution in [2.75, 3.05) is 13.2 Å². The SMILES string of the molecule is CCCCCCOc1ccc(/C(C)=N/NC(=O)C[C@@H]2C[C@@]3(CO3)[C@H](O)[C@@H](/C=C/C(C)=C/C[C@@H]3O[C@H](C)[C@H](NC(=O)/C=C\[C@H](C)OC(C)=O)C[C@@H]3C)O2)cc1. The molecule has 12 nitrogen and oxygen atoms in total. The maximum absolute atomic E-state index is 12.9. The van der Waals surface area contributed by atoms with Gasteiger partial charge in [0.2, 0.25) is 11.8 Å². The lowest BCUT2D eigenvalue weighted by Crippen LogP contribution is -2.50. The molecule has 4 rings (SSSR count). The van der Waals surface area contributed by atoms with Crippen molar-refractivity contribution in [1.29, 1.82) is 0 Å². The molecule has 9 atom stereocenters. The number of hydrogen-bond donors (Lipinski definition) is 3. The summed E-state index contributed by atoms with van der Waals surface area (Å²) < 4.78 is 29.1. The molecular formula is C42H61N3O9. The molecule has 0 saturated carbocycles. The van der Waals surface area contributed by atoms with Gasteiger partial charge in [-0.25, -0.2) is 5.43 Å². The summed E-state index contributed by atoms with van der Waals surface area (Å²) in [6.45, 7) is 14.2. The number of hydrazone groups is 1. The van der Waals surface area contributed by atoms with Crippen LogP contribution >= 0.6 is 0 Å². The molecule has 3 aliphatic heterocycles. The standard InChI is InChI=1S/C42H61N3O9/c1-8-9-10-11-22-50-34-17-15-33(16-18-34)30(5)44-45-40(48)24-35-25-42(26-51-42)41(49)38(54-35)20-13-27(2)12-19-37-28(3)23-36(31(6)53-37)43-39(47)21-14-29(4)52-32(7)46/h12-18,20-21,28-29,31,35-38,41,49H,8-11,19,22-26H2,1-7H3,(H,43,47)(H,45,48)/b20-13+,21-14-,27-12+,44-30+/t28-,29-,31+,35+,36+,37-,38+,41+,42+/m0/s1. The Hall–Kier alpha value is -3.84. The molecule has 0 radical (unpaired) electrons. The van der Waals surface area contributed by atoms with E-state index in [-0.39, 0.29) is 42.4 Å². The van der Waals surface area contributed by atoms with Crippen molar-refractivity contribution in [2.24, 2.45) is 11.0 Å². The maximum Gasteiger partial charge on any atom is 0.303 e. The number of rotatable bonds is 18. The number of hydrogen-bond acceptors (Lipinski definition) is 10. The topological polar surface area (TPSA) is 157 Å². The monoisotopic (exact) mass is 751 g/mol. The highest BCUT2D eigenvalue weighted by Gasteiger charge is 2.58. The molecule has 3 saturated heterocycles. The molecule has 1 spiro atoms. The van der Waals surface area contributed by atoms with Gasteiger partial charge in [-0.2, -0.15) is 5.10 Å². The van der Waals surface area contributed by atoms with Gasteiger partial charge in [-0.1, -0.05) is 56.9 Å². The second-order valence-electron chi connectivity index (χ2n) is 15.0. The van der Waals surface area contributed by atoms with Gasteiger partial charge >= 0.3 is 5.97 Å². The van der Waals surface area contributed by atoms with E-state index in [2.05, 4.69) is 35.8 Å². The summed E-state index contributed by atoms with van der Waals surface area (Å²) in [5.74, 6) is 0.0789. The number of epoxide rings is 1. The Morgan fingerprint density at radius 2 is 1.81 bits per heavy atom. The number of nitrogens with one attached hydrogen (secondary N) is 2. The second-order valence-corrected chi connectivity index (χ2v) is 15.0. The smallest absolute Gasteiger partial charge is 0.303 e. The maximum atomic E-state index is 12.9. The minimum absolute atomic E-state index is 0.0247. The Balaban J connectivity index is 1.24. The Kier molecular flexibility index (Phi) is 16.5. The number of esters is 1. The van der Waals surface area contributed by atoms with Crippen molar-refractivity contribution >= 4 is 23.5 Å². The van der Waals surface area contributed by atoms with Crippen molar-refractivity contribution in [1.82, 2.24) is 10.7 Å². The van der Waals surface area contributed by atoms with E-state index in [1.165, 1.54) is 32.3 Å². The summed E-state index contributed by atoms with van der Waals surface area (Å²) in [4.78, 5) is 36.5. The summed E-state index contributed by atoms with van der Waals surface area (Å²) in [5.41, 5.74) is 4.49. The van der Waals surface area contributed by atoms with Gasteiger partial charge in [0.05, 0.1) is 49.7 Å². The molecule has 3 fully saturated rings. The van der Waals surface area contributed by atoms with Crippen molar-refractivity contribution in [3.63, 3.8) is 0 Å². The van der Waals surface area contributed by atoms with Crippen LogP contribution in [0.3, 0.4) is 0 Å². The number of aliphatic hydroxyl groups excluding tert-OH is 1. The number of benzene rings is 1. The number of aliphatic hydroxyl groups is 1. The Bertz CT molecular complexity index is 1520. The molecular weight excluding hydrogens is 690 g/mol. The molecule has 3 heterocycles. The predicted molar refractivity (Wildman–Crippen MR) is 207 cm³/mol. The highest BCUT2D eigenvalue weighted by Crippen LogP contribution is 2.43. The van der Waals surface area contributed by atoms with Gasteiger partial charge in [0.1, 0.15) is 29.7 Å². The number of carbonyl (C=O) groups is 3. The predicted octanol–water partition coefficient (Wildman–Crippen LogP) is 5.86.